The van der Waals surface area contributed by atoms with Gasteiger partial charge in [-0.3, -0.25) is 9.59 Å². The van der Waals surface area contributed by atoms with Crippen molar-refractivity contribution in [3.8, 4) is 0 Å². The summed E-state index contributed by atoms with van der Waals surface area (Å²) in [5, 5.41) is 11.8. The summed E-state index contributed by atoms with van der Waals surface area (Å²) in [4.78, 5) is 26.0. The number of esters is 1. The molecule has 38 heavy (non-hydrogen) atoms. The van der Waals surface area contributed by atoms with E-state index in [1.54, 1.807) is 0 Å². The first-order chi connectivity index (χ1) is 17.9. The molecule has 5 nitrogen and oxygen atoms in total. The fraction of sp³-hybridized carbons (Fsp3) is 0.875. The lowest BCUT2D eigenvalue weighted by atomic mass is 9.70. The summed E-state index contributed by atoms with van der Waals surface area (Å²) in [5.41, 5.74) is -0.985. The van der Waals surface area contributed by atoms with Crippen molar-refractivity contribution in [2.24, 2.45) is 35.5 Å². The molecule has 216 valence electrons. The number of carbonyl (C=O) groups is 2. The number of hydrogen-bond donors (Lipinski definition) is 1. The Labute approximate surface area is 232 Å². The molecule has 0 aliphatic heterocycles. The van der Waals surface area contributed by atoms with E-state index >= 15 is 0 Å². The molecule has 1 N–H and O–H groups in total. The number of allylic oxidation sites excluding steroid dienone is 2. The van der Waals surface area contributed by atoms with Crippen LogP contribution < -0.4 is 0 Å². The molecule has 0 aromatic rings. The first-order valence-electron chi connectivity index (χ1n) is 15.7. The Morgan fingerprint density at radius 2 is 1.71 bits per heavy atom. The van der Waals surface area contributed by atoms with Crippen molar-refractivity contribution in [3.63, 3.8) is 0 Å². The van der Waals surface area contributed by atoms with Gasteiger partial charge in [-0.05, 0) is 94.3 Å². The Bertz CT molecular complexity index is 873. The second-order valence-corrected chi connectivity index (χ2v) is 19.2. The highest BCUT2D eigenvalue weighted by molar-refractivity contribution is 6.74. The lowest BCUT2D eigenvalue weighted by Gasteiger charge is -2.40. The molecule has 0 aromatic heterocycles. The molecule has 0 aromatic carbocycles. The van der Waals surface area contributed by atoms with E-state index in [4.69, 9.17) is 9.16 Å². The van der Waals surface area contributed by atoms with Gasteiger partial charge < -0.3 is 14.3 Å². The Kier molecular flexibility index (Phi) is 9.23. The lowest BCUT2D eigenvalue weighted by molar-refractivity contribution is -0.153. The van der Waals surface area contributed by atoms with Crippen molar-refractivity contribution in [1.82, 2.24) is 0 Å². The summed E-state index contributed by atoms with van der Waals surface area (Å²) in [7, 11) is -2.02. The molecule has 0 heterocycles. The zero-order chi connectivity index (χ0) is 27.7. The van der Waals surface area contributed by atoms with E-state index in [0.717, 1.165) is 31.6 Å². The minimum Gasteiger partial charge on any atom is -0.547 e. The highest BCUT2D eigenvalue weighted by Gasteiger charge is 2.57. The predicted octanol–water partition coefficient (Wildman–Crippen LogP) is 7.58. The molecule has 4 aliphatic rings. The van der Waals surface area contributed by atoms with Gasteiger partial charge in [-0.15, -0.1) is 0 Å². The van der Waals surface area contributed by atoms with E-state index in [-0.39, 0.29) is 46.4 Å². The summed E-state index contributed by atoms with van der Waals surface area (Å²) < 4.78 is 12.3. The molecule has 4 saturated carbocycles. The van der Waals surface area contributed by atoms with Crippen molar-refractivity contribution >= 4 is 20.1 Å². The lowest BCUT2D eigenvalue weighted by Crippen LogP contribution is -2.45. The van der Waals surface area contributed by atoms with E-state index < -0.39 is 13.9 Å². The van der Waals surface area contributed by atoms with Gasteiger partial charge >= 0.3 is 5.97 Å². The molecule has 0 bridgehead atoms. The molecule has 2 unspecified atom stereocenters. The number of rotatable bonds is 8. The molecular weight excluding hydrogens is 492 g/mol. The average molecular weight is 547 g/mol. The Morgan fingerprint density at radius 1 is 1.05 bits per heavy atom. The maximum Gasteiger partial charge on any atom is 0.308 e. The van der Waals surface area contributed by atoms with Gasteiger partial charge in [0, 0.05) is 17.8 Å². The monoisotopic (exact) mass is 546 g/mol. The molecule has 0 saturated heterocycles. The number of aliphatic hydroxyl groups is 1. The Morgan fingerprint density at radius 3 is 2.32 bits per heavy atom. The van der Waals surface area contributed by atoms with E-state index in [9.17, 15) is 14.7 Å². The topological polar surface area (TPSA) is 72.8 Å². The van der Waals surface area contributed by atoms with Crippen LogP contribution in [0, 0.1) is 35.5 Å². The van der Waals surface area contributed by atoms with Crippen LogP contribution in [-0.2, 0) is 18.8 Å². The molecule has 0 radical (unpaired) electrons. The van der Waals surface area contributed by atoms with Crippen LogP contribution in [0.4, 0.5) is 0 Å². The smallest absolute Gasteiger partial charge is 0.308 e. The molecule has 6 heteroatoms. The standard InChI is InChI=1S/C32H54O5Si/c1-7-36-30(34)23-17-19-32(35,20-18-23)27-21-26-24(14-15-25(26)29(27)33)28(37-38(5,6)31(2,3)4)16-13-22-11-9-8-10-12-22/h16,22-27,35H,7-15,17-21H2,1-6H3/t23?,24-,25?,26?,27+,32?/m0/s1. The molecule has 0 spiro atoms. The van der Waals surface area contributed by atoms with E-state index in [1.165, 1.54) is 37.9 Å². The van der Waals surface area contributed by atoms with Crippen LogP contribution in [-0.4, -0.2) is 37.4 Å². The maximum atomic E-state index is 13.7. The largest absolute Gasteiger partial charge is 0.547 e. The second-order valence-electron chi connectivity index (χ2n) is 14.5. The van der Waals surface area contributed by atoms with E-state index in [2.05, 4.69) is 39.9 Å². The zero-order valence-corrected chi connectivity index (χ0v) is 26.0. The number of Topliss-reactive ketones (excluding diaryl/α,β-unsaturated/α-hetero) is 1. The van der Waals surface area contributed by atoms with Gasteiger partial charge in [-0.25, -0.2) is 0 Å². The normalized spacial score (nSPS) is 35.3. The van der Waals surface area contributed by atoms with Crippen molar-refractivity contribution in [2.75, 3.05) is 6.61 Å². The number of fused-ring (bicyclic) bond motifs is 1. The SMILES string of the molecule is CCOC(=O)C1CCC(O)([C@@H]2CC3C(CC[C@@H]3C(=CCC3CCCCC3)O[Si](C)(C)C(C)(C)C)C2=O)CC1. The minimum absolute atomic E-state index is 0.0397. The van der Waals surface area contributed by atoms with Crippen molar-refractivity contribution in [3.05, 3.63) is 11.8 Å². The van der Waals surface area contributed by atoms with Crippen LogP contribution in [0.1, 0.15) is 111 Å². The molecule has 4 aliphatic carbocycles. The fourth-order valence-electron chi connectivity index (χ4n) is 7.62. The van der Waals surface area contributed by atoms with Crippen LogP contribution in [0.2, 0.25) is 18.1 Å². The summed E-state index contributed by atoms with van der Waals surface area (Å²) >= 11 is 0. The van der Waals surface area contributed by atoms with Gasteiger partial charge in [-0.1, -0.05) is 52.9 Å². The summed E-state index contributed by atoms with van der Waals surface area (Å²) in [5.74, 6) is 2.18. The molecule has 4 fully saturated rings. The first-order valence-corrected chi connectivity index (χ1v) is 18.6. The fourth-order valence-corrected chi connectivity index (χ4v) is 8.75. The van der Waals surface area contributed by atoms with Crippen LogP contribution >= 0.6 is 0 Å². The number of carbonyl (C=O) groups excluding carboxylic acids is 2. The zero-order valence-electron chi connectivity index (χ0n) is 25.0. The Balaban J connectivity index is 1.50. The van der Waals surface area contributed by atoms with Crippen LogP contribution in [0.15, 0.2) is 11.8 Å². The van der Waals surface area contributed by atoms with Crippen molar-refractivity contribution < 1.29 is 23.9 Å². The number of hydrogen-bond acceptors (Lipinski definition) is 5. The molecular formula is C32H54O5Si. The maximum absolute atomic E-state index is 13.7. The molecule has 0 amide bonds. The quantitative estimate of drug-likeness (QED) is 0.193. The van der Waals surface area contributed by atoms with Gasteiger partial charge in [0.1, 0.15) is 5.78 Å². The van der Waals surface area contributed by atoms with Gasteiger partial charge in [0.25, 0.3) is 0 Å². The third-order valence-corrected chi connectivity index (χ3v) is 15.4. The van der Waals surface area contributed by atoms with Crippen molar-refractivity contribution in [2.45, 2.75) is 135 Å². The Hall–Kier alpha value is -1.14. The number of ether oxygens (including phenoxy) is 1. The molecule has 4 atom stereocenters. The summed E-state index contributed by atoms with van der Waals surface area (Å²) in [6, 6.07) is 0. The first kappa shape index (κ1) is 29.8. The predicted molar refractivity (Wildman–Crippen MR) is 154 cm³/mol. The van der Waals surface area contributed by atoms with Crippen LogP contribution in [0.5, 0.6) is 0 Å². The summed E-state index contributed by atoms with van der Waals surface area (Å²) in [6.45, 7) is 13.8. The van der Waals surface area contributed by atoms with Gasteiger partial charge in [-0.2, -0.15) is 0 Å². The van der Waals surface area contributed by atoms with Gasteiger partial charge in [0.15, 0.2) is 0 Å². The third-order valence-electron chi connectivity index (χ3n) is 11.1. The second kappa shape index (κ2) is 11.8. The van der Waals surface area contributed by atoms with Crippen LogP contribution in [0.3, 0.4) is 0 Å². The van der Waals surface area contributed by atoms with Gasteiger partial charge in [0.05, 0.1) is 23.9 Å². The molecule has 4 rings (SSSR count). The van der Waals surface area contributed by atoms with Crippen LogP contribution in [0.25, 0.3) is 0 Å². The highest BCUT2D eigenvalue weighted by Crippen LogP contribution is 2.56. The minimum atomic E-state index is -2.02. The van der Waals surface area contributed by atoms with Gasteiger partial charge in [0.2, 0.25) is 8.32 Å². The van der Waals surface area contributed by atoms with Crippen molar-refractivity contribution in [1.29, 1.82) is 0 Å². The van der Waals surface area contributed by atoms with E-state index in [0.29, 0.717) is 32.3 Å². The average Bonchev–Trinajstić information content (AvgIpc) is 3.43. The third kappa shape index (κ3) is 6.27. The highest BCUT2D eigenvalue weighted by atomic mass is 28.4. The summed E-state index contributed by atoms with van der Waals surface area (Å²) in [6.07, 6.45) is 15.2. The van der Waals surface area contributed by atoms with E-state index in [1.807, 2.05) is 6.92 Å². The number of ketones is 1.